The molecule has 0 unspecified atom stereocenters. The maximum absolute atomic E-state index is 12.4. The Bertz CT molecular complexity index is 1170. The molecule has 0 aliphatic carbocycles. The summed E-state index contributed by atoms with van der Waals surface area (Å²) in [5, 5.41) is 0. The molecule has 150 valence electrons. The van der Waals surface area contributed by atoms with Crippen molar-refractivity contribution in [3.8, 4) is 5.75 Å². The normalized spacial score (nSPS) is 14.6. The molecule has 4 rings (SSSR count). The Balaban J connectivity index is 1.58. The molecule has 0 aromatic heterocycles. The number of esters is 1. The van der Waals surface area contributed by atoms with Gasteiger partial charge in [0.2, 0.25) is 5.90 Å². The van der Waals surface area contributed by atoms with Gasteiger partial charge in [-0.25, -0.2) is 9.79 Å². The molecule has 30 heavy (non-hydrogen) atoms. The van der Waals surface area contributed by atoms with Crippen molar-refractivity contribution in [1.82, 2.24) is 0 Å². The van der Waals surface area contributed by atoms with Gasteiger partial charge in [0.05, 0.1) is 0 Å². The SMILES string of the molecule is Cc1ccc(COc2ccccc2/C=C2\N=C(c3ccc(I)c(Br)c3)OC2=O)cc1. The van der Waals surface area contributed by atoms with Crippen LogP contribution in [0.25, 0.3) is 6.08 Å². The molecule has 0 N–H and O–H groups in total. The summed E-state index contributed by atoms with van der Waals surface area (Å²) in [5.74, 6) is 0.494. The van der Waals surface area contributed by atoms with Crippen LogP contribution in [0.3, 0.4) is 0 Å². The Kier molecular flexibility index (Phi) is 6.34. The molecule has 0 saturated carbocycles. The number of ether oxygens (including phenoxy) is 2. The highest BCUT2D eigenvalue weighted by atomic mass is 127. The van der Waals surface area contributed by atoms with E-state index >= 15 is 0 Å². The van der Waals surface area contributed by atoms with Crippen LogP contribution in [0, 0.1) is 10.5 Å². The van der Waals surface area contributed by atoms with Crippen LogP contribution in [0.15, 0.2) is 81.9 Å². The third-order valence-electron chi connectivity index (χ3n) is 4.51. The minimum absolute atomic E-state index is 0.242. The van der Waals surface area contributed by atoms with Crippen molar-refractivity contribution in [3.05, 3.63) is 103 Å². The van der Waals surface area contributed by atoms with Crippen LogP contribution in [-0.4, -0.2) is 11.9 Å². The van der Waals surface area contributed by atoms with E-state index in [1.54, 1.807) is 6.08 Å². The van der Waals surface area contributed by atoms with Crippen LogP contribution in [0.2, 0.25) is 0 Å². The molecular weight excluding hydrogens is 557 g/mol. The molecule has 0 amide bonds. The maximum atomic E-state index is 12.4. The zero-order valence-electron chi connectivity index (χ0n) is 16.1. The van der Waals surface area contributed by atoms with Crippen molar-refractivity contribution in [1.29, 1.82) is 0 Å². The predicted octanol–water partition coefficient (Wildman–Crippen LogP) is 6.29. The highest BCUT2D eigenvalue weighted by Crippen LogP contribution is 2.27. The highest BCUT2D eigenvalue weighted by molar-refractivity contribution is 14.1. The van der Waals surface area contributed by atoms with Crippen molar-refractivity contribution in [3.63, 3.8) is 0 Å². The highest BCUT2D eigenvalue weighted by Gasteiger charge is 2.25. The second kappa shape index (κ2) is 9.14. The van der Waals surface area contributed by atoms with Gasteiger partial charge in [-0.15, -0.1) is 0 Å². The molecule has 0 saturated heterocycles. The fourth-order valence-corrected chi connectivity index (χ4v) is 3.60. The van der Waals surface area contributed by atoms with E-state index in [0.717, 1.165) is 24.7 Å². The van der Waals surface area contributed by atoms with E-state index in [1.165, 1.54) is 5.56 Å². The van der Waals surface area contributed by atoms with E-state index in [-0.39, 0.29) is 5.70 Å². The van der Waals surface area contributed by atoms with Crippen molar-refractivity contribution in [2.24, 2.45) is 4.99 Å². The van der Waals surface area contributed by atoms with Gasteiger partial charge in [-0.3, -0.25) is 0 Å². The van der Waals surface area contributed by atoms with Crippen molar-refractivity contribution >= 4 is 56.5 Å². The molecule has 0 radical (unpaired) electrons. The van der Waals surface area contributed by atoms with E-state index in [0.29, 0.717) is 18.3 Å². The van der Waals surface area contributed by atoms with Gasteiger partial charge in [-0.05, 0) is 81.3 Å². The summed E-state index contributed by atoms with van der Waals surface area (Å²) in [6.45, 7) is 2.49. The second-order valence-electron chi connectivity index (χ2n) is 6.78. The van der Waals surface area contributed by atoms with Crippen LogP contribution < -0.4 is 4.74 Å². The predicted molar refractivity (Wildman–Crippen MR) is 129 cm³/mol. The summed E-state index contributed by atoms with van der Waals surface area (Å²) in [5.41, 5.74) is 4.03. The molecule has 1 heterocycles. The first-order valence-electron chi connectivity index (χ1n) is 9.25. The van der Waals surface area contributed by atoms with E-state index in [1.807, 2.05) is 54.6 Å². The summed E-state index contributed by atoms with van der Waals surface area (Å²) in [6.07, 6.45) is 1.70. The lowest BCUT2D eigenvalue weighted by Crippen LogP contribution is -2.05. The summed E-state index contributed by atoms with van der Waals surface area (Å²) in [7, 11) is 0. The molecule has 1 aliphatic heterocycles. The zero-order chi connectivity index (χ0) is 21.1. The van der Waals surface area contributed by atoms with Crippen molar-refractivity contribution in [2.45, 2.75) is 13.5 Å². The molecule has 4 nitrogen and oxygen atoms in total. The summed E-state index contributed by atoms with van der Waals surface area (Å²) in [6, 6.07) is 21.5. The van der Waals surface area contributed by atoms with Crippen LogP contribution in [0.4, 0.5) is 0 Å². The topological polar surface area (TPSA) is 47.9 Å². The Morgan fingerprint density at radius 1 is 1.10 bits per heavy atom. The maximum Gasteiger partial charge on any atom is 0.363 e. The van der Waals surface area contributed by atoms with Crippen LogP contribution in [0.5, 0.6) is 5.75 Å². The average Bonchev–Trinajstić information content (AvgIpc) is 3.11. The Morgan fingerprint density at radius 3 is 2.63 bits per heavy atom. The van der Waals surface area contributed by atoms with E-state index < -0.39 is 5.97 Å². The number of rotatable bonds is 5. The number of para-hydroxylation sites is 1. The number of halogens is 2. The van der Waals surface area contributed by atoms with Crippen molar-refractivity contribution in [2.75, 3.05) is 0 Å². The van der Waals surface area contributed by atoms with Crippen molar-refractivity contribution < 1.29 is 14.3 Å². The third kappa shape index (κ3) is 4.82. The van der Waals surface area contributed by atoms with Gasteiger partial charge in [0.1, 0.15) is 12.4 Å². The third-order valence-corrected chi connectivity index (χ3v) is 6.85. The minimum atomic E-state index is -0.479. The van der Waals surface area contributed by atoms with Gasteiger partial charge >= 0.3 is 5.97 Å². The van der Waals surface area contributed by atoms with Gasteiger partial charge in [0, 0.05) is 19.2 Å². The number of cyclic esters (lactones) is 1. The molecule has 1 aliphatic rings. The fourth-order valence-electron chi connectivity index (χ4n) is 2.89. The largest absolute Gasteiger partial charge is 0.488 e. The molecular formula is C24H17BrINO3. The number of carbonyl (C=O) groups is 1. The number of aliphatic imine (C=N–C) groups is 1. The lowest BCUT2D eigenvalue weighted by atomic mass is 10.1. The second-order valence-corrected chi connectivity index (χ2v) is 8.79. The summed E-state index contributed by atoms with van der Waals surface area (Å²) in [4.78, 5) is 16.8. The number of carbonyl (C=O) groups excluding carboxylic acids is 1. The van der Waals surface area contributed by atoms with Gasteiger partial charge in [-0.1, -0.05) is 48.0 Å². The number of aryl methyl sites for hydroxylation is 1. The van der Waals surface area contributed by atoms with E-state index in [4.69, 9.17) is 9.47 Å². The first-order valence-corrected chi connectivity index (χ1v) is 11.1. The number of nitrogens with zero attached hydrogens (tertiary/aromatic N) is 1. The molecule has 3 aromatic rings. The van der Waals surface area contributed by atoms with Gasteiger partial charge in [-0.2, -0.15) is 0 Å². The van der Waals surface area contributed by atoms with Gasteiger partial charge < -0.3 is 9.47 Å². The summed E-state index contributed by atoms with van der Waals surface area (Å²) >= 11 is 5.72. The van der Waals surface area contributed by atoms with E-state index in [9.17, 15) is 4.79 Å². The Morgan fingerprint density at radius 2 is 1.87 bits per heavy atom. The average molecular weight is 574 g/mol. The number of hydrogen-bond donors (Lipinski definition) is 0. The molecule has 6 heteroatoms. The molecule has 0 spiro atoms. The monoisotopic (exact) mass is 573 g/mol. The van der Waals surface area contributed by atoms with Crippen LogP contribution in [0.1, 0.15) is 22.3 Å². The summed E-state index contributed by atoms with van der Waals surface area (Å²) < 4.78 is 13.4. The van der Waals surface area contributed by atoms with Gasteiger partial charge in [0.25, 0.3) is 0 Å². The smallest absolute Gasteiger partial charge is 0.363 e. The standard InChI is InChI=1S/C24H17BrINO3/c1-15-6-8-16(9-7-15)14-29-22-5-3-2-4-17(22)13-21-24(28)30-23(27-21)18-10-11-20(26)19(25)12-18/h2-13H,14H2,1H3/b21-13-. The van der Waals surface area contributed by atoms with Gasteiger partial charge in [0.15, 0.2) is 5.70 Å². The fraction of sp³-hybridized carbons (Fsp3) is 0.0833. The molecule has 3 aromatic carbocycles. The lowest BCUT2D eigenvalue weighted by Gasteiger charge is -2.09. The Labute approximate surface area is 196 Å². The minimum Gasteiger partial charge on any atom is -0.488 e. The molecule has 0 fully saturated rings. The van der Waals surface area contributed by atoms with Crippen LogP contribution >= 0.6 is 38.5 Å². The number of hydrogen-bond acceptors (Lipinski definition) is 4. The van der Waals surface area contributed by atoms with Crippen LogP contribution in [-0.2, 0) is 16.1 Å². The molecule has 0 bridgehead atoms. The lowest BCUT2D eigenvalue weighted by molar-refractivity contribution is -0.129. The zero-order valence-corrected chi connectivity index (χ0v) is 19.8. The Hall–Kier alpha value is -2.45. The first-order chi connectivity index (χ1) is 14.5. The number of benzene rings is 3. The molecule has 0 atom stereocenters. The van der Waals surface area contributed by atoms with E-state index in [2.05, 4.69) is 62.6 Å². The quantitative estimate of drug-likeness (QED) is 0.205. The first kappa shape index (κ1) is 20.8.